The van der Waals surface area contributed by atoms with Gasteiger partial charge in [-0.25, -0.2) is 4.68 Å². The molecule has 6 heteroatoms. The third kappa shape index (κ3) is 1.93. The van der Waals surface area contributed by atoms with E-state index >= 15 is 0 Å². The lowest BCUT2D eigenvalue weighted by atomic mass is 10.4. The zero-order chi connectivity index (χ0) is 9.97. The van der Waals surface area contributed by atoms with E-state index in [-0.39, 0.29) is 0 Å². The van der Waals surface area contributed by atoms with Gasteiger partial charge in [-0.05, 0) is 29.5 Å². The quantitative estimate of drug-likeness (QED) is 0.753. The van der Waals surface area contributed by atoms with E-state index in [1.807, 2.05) is 0 Å². The molecule has 4 nitrogen and oxygen atoms in total. The van der Waals surface area contributed by atoms with Crippen LogP contribution >= 0.6 is 22.9 Å². The van der Waals surface area contributed by atoms with Gasteiger partial charge in [0.25, 0.3) is 0 Å². The molecule has 0 N–H and O–H groups in total. The van der Waals surface area contributed by atoms with Crippen LogP contribution in [0.5, 0.6) is 0 Å². The Bertz CT molecular complexity index is 422. The summed E-state index contributed by atoms with van der Waals surface area (Å²) in [6.07, 6.45) is 0. The Labute approximate surface area is 90.5 Å². The fourth-order valence-electron chi connectivity index (χ4n) is 1.16. The Morgan fingerprint density at radius 3 is 3.00 bits per heavy atom. The summed E-state index contributed by atoms with van der Waals surface area (Å²) in [5, 5.41) is 11.3. The summed E-state index contributed by atoms with van der Waals surface area (Å²) in [4.78, 5) is 2.53. The number of nitrogens with zero attached hydrogens (tertiary/aromatic N) is 4. The third-order valence-corrected chi connectivity index (χ3v) is 3.05. The van der Waals surface area contributed by atoms with Crippen molar-refractivity contribution in [3.05, 3.63) is 27.7 Å². The van der Waals surface area contributed by atoms with Gasteiger partial charge >= 0.3 is 0 Å². The maximum absolute atomic E-state index is 5.68. The van der Waals surface area contributed by atoms with Gasteiger partial charge in [-0.3, -0.25) is 0 Å². The van der Waals surface area contributed by atoms with Gasteiger partial charge in [0, 0.05) is 9.75 Å². The van der Waals surface area contributed by atoms with Crippen LogP contribution < -0.4 is 0 Å². The molecule has 0 aliphatic rings. The SMILES string of the molecule is Cc1ccc(Cn2nnnc2CCl)s1. The second kappa shape index (κ2) is 4.06. The highest BCUT2D eigenvalue weighted by Crippen LogP contribution is 2.16. The molecule has 0 saturated carbocycles. The molecule has 2 heterocycles. The van der Waals surface area contributed by atoms with Gasteiger partial charge in [0.2, 0.25) is 0 Å². The number of tetrazole rings is 1. The summed E-state index contributed by atoms with van der Waals surface area (Å²) in [6.45, 7) is 2.78. The molecule has 2 rings (SSSR count). The largest absolute Gasteiger partial charge is 0.223 e. The lowest BCUT2D eigenvalue weighted by Gasteiger charge is -1.98. The molecule has 0 amide bonds. The van der Waals surface area contributed by atoms with Gasteiger partial charge in [0.1, 0.15) is 0 Å². The highest BCUT2D eigenvalue weighted by Gasteiger charge is 2.05. The molecule has 74 valence electrons. The van der Waals surface area contributed by atoms with Crippen LogP contribution in [0.25, 0.3) is 0 Å². The van der Waals surface area contributed by atoms with Gasteiger partial charge in [-0.2, -0.15) is 0 Å². The van der Waals surface area contributed by atoms with Crippen LogP contribution in [0.3, 0.4) is 0 Å². The number of hydrogen-bond donors (Lipinski definition) is 0. The van der Waals surface area contributed by atoms with Crippen molar-refractivity contribution in [2.75, 3.05) is 0 Å². The summed E-state index contributed by atoms with van der Waals surface area (Å²) in [5.41, 5.74) is 0. The van der Waals surface area contributed by atoms with E-state index in [4.69, 9.17) is 11.6 Å². The maximum atomic E-state index is 5.68. The van der Waals surface area contributed by atoms with Gasteiger partial charge < -0.3 is 0 Å². The predicted octanol–water partition coefficient (Wildman–Crippen LogP) is 1.83. The first-order valence-electron chi connectivity index (χ1n) is 4.16. The molecule has 0 radical (unpaired) electrons. The number of rotatable bonds is 3. The first-order chi connectivity index (χ1) is 6.79. The average Bonchev–Trinajstić information content (AvgIpc) is 2.76. The van der Waals surface area contributed by atoms with Crippen molar-refractivity contribution >= 4 is 22.9 Å². The summed E-state index contributed by atoms with van der Waals surface area (Å²) < 4.78 is 1.72. The Kier molecular flexibility index (Phi) is 2.79. The van der Waals surface area contributed by atoms with Crippen molar-refractivity contribution < 1.29 is 0 Å². The number of hydrogen-bond acceptors (Lipinski definition) is 4. The number of aryl methyl sites for hydroxylation is 1. The van der Waals surface area contributed by atoms with Gasteiger partial charge in [-0.1, -0.05) is 0 Å². The van der Waals surface area contributed by atoms with E-state index in [9.17, 15) is 0 Å². The number of aromatic nitrogens is 4. The minimum atomic E-state index is 0.345. The lowest BCUT2D eigenvalue weighted by Crippen LogP contribution is -2.04. The summed E-state index contributed by atoms with van der Waals surface area (Å²) >= 11 is 7.43. The lowest BCUT2D eigenvalue weighted by molar-refractivity contribution is 0.636. The molecule has 2 aromatic rings. The molecule has 0 aromatic carbocycles. The molecule has 2 aromatic heterocycles. The Hall–Kier alpha value is -0.940. The van der Waals surface area contributed by atoms with E-state index in [0.717, 1.165) is 0 Å². The fraction of sp³-hybridized carbons (Fsp3) is 0.375. The van der Waals surface area contributed by atoms with E-state index in [0.29, 0.717) is 18.2 Å². The molecule has 0 saturated heterocycles. The summed E-state index contributed by atoms with van der Waals surface area (Å²) in [7, 11) is 0. The third-order valence-electron chi connectivity index (χ3n) is 1.83. The van der Waals surface area contributed by atoms with Crippen LogP contribution in [0.4, 0.5) is 0 Å². The molecule has 14 heavy (non-hydrogen) atoms. The number of thiophene rings is 1. The second-order valence-electron chi connectivity index (χ2n) is 2.90. The molecule has 0 fully saturated rings. The van der Waals surface area contributed by atoms with Crippen LogP contribution in [0, 0.1) is 6.92 Å². The molecule has 0 atom stereocenters. The van der Waals surface area contributed by atoms with Gasteiger partial charge in [0.15, 0.2) is 5.82 Å². The topological polar surface area (TPSA) is 43.6 Å². The zero-order valence-electron chi connectivity index (χ0n) is 7.64. The first-order valence-corrected chi connectivity index (χ1v) is 5.51. The standard InChI is InChI=1S/C8H9ClN4S/c1-6-2-3-7(14-6)5-13-8(4-9)10-11-12-13/h2-3H,4-5H2,1H3. The van der Waals surface area contributed by atoms with Crippen LogP contribution in [0.2, 0.25) is 0 Å². The van der Waals surface area contributed by atoms with E-state index < -0.39 is 0 Å². The summed E-state index contributed by atoms with van der Waals surface area (Å²) in [6, 6.07) is 4.17. The van der Waals surface area contributed by atoms with Gasteiger partial charge in [0.05, 0.1) is 12.4 Å². The van der Waals surface area contributed by atoms with Crippen LogP contribution in [0.1, 0.15) is 15.6 Å². The minimum absolute atomic E-state index is 0.345. The van der Waals surface area contributed by atoms with Crippen LogP contribution in [-0.4, -0.2) is 20.2 Å². The highest BCUT2D eigenvalue weighted by molar-refractivity contribution is 7.11. The normalized spacial score (nSPS) is 10.7. The van der Waals surface area contributed by atoms with Crippen molar-refractivity contribution in [3.63, 3.8) is 0 Å². The van der Waals surface area contributed by atoms with Crippen molar-refractivity contribution in [2.45, 2.75) is 19.3 Å². The molecular formula is C8H9ClN4S. The zero-order valence-corrected chi connectivity index (χ0v) is 9.22. The second-order valence-corrected chi connectivity index (χ2v) is 4.54. The Balaban J connectivity index is 2.18. The molecule has 0 aliphatic carbocycles. The summed E-state index contributed by atoms with van der Waals surface area (Å²) in [5.74, 6) is 1.05. The minimum Gasteiger partial charge on any atom is -0.223 e. The number of alkyl halides is 1. The molecular weight excluding hydrogens is 220 g/mol. The van der Waals surface area contributed by atoms with E-state index in [2.05, 4.69) is 34.6 Å². The van der Waals surface area contributed by atoms with E-state index in [1.165, 1.54) is 9.75 Å². The molecule has 0 unspecified atom stereocenters. The van der Waals surface area contributed by atoms with Crippen molar-refractivity contribution in [3.8, 4) is 0 Å². The smallest absolute Gasteiger partial charge is 0.166 e. The average molecular weight is 229 g/mol. The Morgan fingerprint density at radius 2 is 2.36 bits per heavy atom. The molecule has 0 aliphatic heterocycles. The predicted molar refractivity (Wildman–Crippen MR) is 55.5 cm³/mol. The fourth-order valence-corrected chi connectivity index (χ4v) is 2.22. The van der Waals surface area contributed by atoms with Crippen LogP contribution in [-0.2, 0) is 12.4 Å². The Morgan fingerprint density at radius 1 is 1.50 bits per heavy atom. The van der Waals surface area contributed by atoms with Crippen LogP contribution in [0.15, 0.2) is 12.1 Å². The van der Waals surface area contributed by atoms with E-state index in [1.54, 1.807) is 16.0 Å². The van der Waals surface area contributed by atoms with Crippen molar-refractivity contribution in [1.29, 1.82) is 0 Å². The molecule has 0 bridgehead atoms. The van der Waals surface area contributed by atoms with Gasteiger partial charge in [-0.15, -0.1) is 28.0 Å². The first kappa shape index (κ1) is 9.61. The van der Waals surface area contributed by atoms with Crippen molar-refractivity contribution in [2.24, 2.45) is 0 Å². The van der Waals surface area contributed by atoms with Crippen molar-refractivity contribution in [1.82, 2.24) is 20.2 Å². The monoisotopic (exact) mass is 228 g/mol. The highest BCUT2D eigenvalue weighted by atomic mass is 35.5. The maximum Gasteiger partial charge on any atom is 0.166 e. The number of halogens is 1. The molecule has 0 spiro atoms.